The largest absolute Gasteiger partial charge is 0.391 e. The predicted molar refractivity (Wildman–Crippen MR) is 42.7 cm³/mol. The number of nitrogens with two attached hydrogens (primary N) is 1. The molecule has 1 aromatic rings. The fourth-order valence-corrected chi connectivity index (χ4v) is 1.66. The molecular weight excluding hydrogens is 130 g/mol. The summed E-state index contributed by atoms with van der Waals surface area (Å²) in [5.74, 6) is 0. The zero-order valence-corrected chi connectivity index (χ0v) is 6.37. The molecule has 0 fully saturated rings. The minimum atomic E-state index is 0.929. The van der Waals surface area contributed by atoms with Crippen molar-refractivity contribution in [1.29, 1.82) is 0 Å². The van der Waals surface area contributed by atoms with E-state index < -0.39 is 0 Å². The molecule has 0 saturated carbocycles. The first-order valence-corrected chi connectivity index (χ1v) is 3.98. The number of aryl methyl sites for hydroxylation is 1. The molecule has 1 heterocycles. The molecule has 0 unspecified atom stereocenters. The molecule has 0 aromatic carbocycles. The maximum Gasteiger partial charge on any atom is 0.0859 e. The molecule has 0 radical (unpaired) electrons. The molecule has 9 heavy (non-hydrogen) atoms. The van der Waals surface area contributed by atoms with E-state index in [0.717, 1.165) is 5.00 Å². The summed E-state index contributed by atoms with van der Waals surface area (Å²) in [6.45, 7) is 2.18. The zero-order chi connectivity index (χ0) is 6.69. The van der Waals surface area contributed by atoms with E-state index in [4.69, 9.17) is 5.73 Å². The van der Waals surface area contributed by atoms with Crippen LogP contribution >= 0.6 is 11.3 Å². The topological polar surface area (TPSA) is 26.0 Å². The highest BCUT2D eigenvalue weighted by Crippen LogP contribution is 2.18. The zero-order valence-electron chi connectivity index (χ0n) is 5.55. The Kier molecular flexibility index (Phi) is 2.11. The summed E-state index contributed by atoms with van der Waals surface area (Å²) in [5.41, 5.74) is 5.53. The number of rotatable bonds is 2. The average Bonchev–Trinajstić information content (AvgIpc) is 2.17. The second-order valence-corrected chi connectivity index (χ2v) is 3.25. The van der Waals surface area contributed by atoms with Gasteiger partial charge in [-0.1, -0.05) is 13.3 Å². The van der Waals surface area contributed by atoms with Gasteiger partial charge in [0.25, 0.3) is 0 Å². The Hall–Kier alpha value is -0.500. The third-order valence-electron chi connectivity index (χ3n) is 1.18. The summed E-state index contributed by atoms with van der Waals surface area (Å²) in [5, 5.41) is 0.929. The van der Waals surface area contributed by atoms with Gasteiger partial charge in [0.05, 0.1) is 5.00 Å². The van der Waals surface area contributed by atoms with Crippen LogP contribution in [0.2, 0.25) is 0 Å². The minimum Gasteiger partial charge on any atom is -0.391 e. The summed E-state index contributed by atoms with van der Waals surface area (Å²) in [4.78, 5) is 1.40. The molecule has 2 N–H and O–H groups in total. The summed E-state index contributed by atoms with van der Waals surface area (Å²) < 4.78 is 0. The van der Waals surface area contributed by atoms with Crippen LogP contribution in [-0.4, -0.2) is 0 Å². The van der Waals surface area contributed by atoms with E-state index in [1.54, 1.807) is 11.3 Å². The van der Waals surface area contributed by atoms with Crippen molar-refractivity contribution in [2.45, 2.75) is 19.8 Å². The molecule has 50 valence electrons. The van der Waals surface area contributed by atoms with Gasteiger partial charge in [-0.05, 0) is 18.6 Å². The number of hydrogen-bond donors (Lipinski definition) is 1. The van der Waals surface area contributed by atoms with Crippen molar-refractivity contribution >= 4 is 16.3 Å². The molecule has 1 aromatic heterocycles. The summed E-state index contributed by atoms with van der Waals surface area (Å²) >= 11 is 1.69. The van der Waals surface area contributed by atoms with Crippen LogP contribution in [0.1, 0.15) is 18.2 Å². The van der Waals surface area contributed by atoms with Crippen molar-refractivity contribution in [2.24, 2.45) is 0 Å². The van der Waals surface area contributed by atoms with Gasteiger partial charge in [0.2, 0.25) is 0 Å². The third-order valence-corrected chi connectivity index (χ3v) is 2.15. The normalized spacial score (nSPS) is 9.89. The number of thiophene rings is 1. The van der Waals surface area contributed by atoms with Crippen LogP contribution in [0, 0.1) is 0 Å². The van der Waals surface area contributed by atoms with Crippen LogP contribution in [0.4, 0.5) is 5.00 Å². The van der Waals surface area contributed by atoms with Crippen molar-refractivity contribution in [3.63, 3.8) is 0 Å². The summed E-state index contributed by atoms with van der Waals surface area (Å²) in [6, 6.07) is 4.07. The van der Waals surface area contributed by atoms with E-state index in [1.807, 2.05) is 6.07 Å². The van der Waals surface area contributed by atoms with Crippen LogP contribution in [0.3, 0.4) is 0 Å². The molecule has 0 amide bonds. The molecule has 0 spiro atoms. The quantitative estimate of drug-likeness (QED) is 0.671. The molecule has 0 atom stereocenters. The second-order valence-electron chi connectivity index (χ2n) is 2.05. The van der Waals surface area contributed by atoms with Gasteiger partial charge in [0, 0.05) is 4.88 Å². The first-order chi connectivity index (χ1) is 4.33. The molecule has 1 rings (SSSR count). The molecule has 0 bridgehead atoms. The van der Waals surface area contributed by atoms with Gasteiger partial charge in [0.15, 0.2) is 0 Å². The SMILES string of the molecule is CCCc1ccc(N)s1. The van der Waals surface area contributed by atoms with Gasteiger partial charge in [-0.3, -0.25) is 0 Å². The van der Waals surface area contributed by atoms with Gasteiger partial charge in [-0.2, -0.15) is 0 Å². The van der Waals surface area contributed by atoms with Crippen LogP contribution < -0.4 is 5.73 Å². The lowest BCUT2D eigenvalue weighted by molar-refractivity contribution is 0.940. The molecule has 0 aliphatic heterocycles. The fourth-order valence-electron chi connectivity index (χ4n) is 0.775. The van der Waals surface area contributed by atoms with E-state index >= 15 is 0 Å². The molecule has 0 aliphatic rings. The highest BCUT2D eigenvalue weighted by atomic mass is 32.1. The number of nitrogen functional groups attached to an aromatic ring is 1. The Labute approximate surface area is 59.5 Å². The Balaban J connectivity index is 2.61. The van der Waals surface area contributed by atoms with Gasteiger partial charge in [-0.15, -0.1) is 11.3 Å². The molecule has 1 nitrogen and oxygen atoms in total. The van der Waals surface area contributed by atoms with Gasteiger partial charge in [0.1, 0.15) is 0 Å². The van der Waals surface area contributed by atoms with E-state index in [2.05, 4.69) is 13.0 Å². The Morgan fingerprint density at radius 1 is 1.56 bits per heavy atom. The van der Waals surface area contributed by atoms with Crippen molar-refractivity contribution in [3.8, 4) is 0 Å². The lowest BCUT2D eigenvalue weighted by atomic mass is 10.3. The predicted octanol–water partition coefficient (Wildman–Crippen LogP) is 2.28. The first kappa shape index (κ1) is 6.62. The van der Waals surface area contributed by atoms with E-state index in [0.29, 0.717) is 0 Å². The Bertz CT molecular complexity index is 181. The van der Waals surface area contributed by atoms with Gasteiger partial charge in [-0.25, -0.2) is 0 Å². The highest BCUT2D eigenvalue weighted by Gasteiger charge is 1.92. The third kappa shape index (κ3) is 1.72. The standard InChI is InChI=1S/C7H11NS/c1-2-3-6-4-5-7(8)9-6/h4-5H,2-3,8H2,1H3. The van der Waals surface area contributed by atoms with Crippen LogP contribution in [-0.2, 0) is 6.42 Å². The number of anilines is 1. The monoisotopic (exact) mass is 141 g/mol. The Morgan fingerprint density at radius 3 is 2.78 bits per heavy atom. The van der Waals surface area contributed by atoms with E-state index in [9.17, 15) is 0 Å². The smallest absolute Gasteiger partial charge is 0.0859 e. The minimum absolute atomic E-state index is 0.929. The fraction of sp³-hybridized carbons (Fsp3) is 0.429. The van der Waals surface area contributed by atoms with Crippen LogP contribution in [0.5, 0.6) is 0 Å². The van der Waals surface area contributed by atoms with Gasteiger partial charge >= 0.3 is 0 Å². The maximum absolute atomic E-state index is 5.53. The number of hydrogen-bond acceptors (Lipinski definition) is 2. The summed E-state index contributed by atoms with van der Waals surface area (Å²) in [6.07, 6.45) is 2.38. The lowest BCUT2D eigenvalue weighted by Crippen LogP contribution is -1.74. The Morgan fingerprint density at radius 2 is 2.33 bits per heavy atom. The summed E-state index contributed by atoms with van der Waals surface area (Å²) in [7, 11) is 0. The van der Waals surface area contributed by atoms with E-state index in [-0.39, 0.29) is 0 Å². The molecule has 0 saturated heterocycles. The second kappa shape index (κ2) is 2.87. The average molecular weight is 141 g/mol. The lowest BCUT2D eigenvalue weighted by Gasteiger charge is -1.86. The van der Waals surface area contributed by atoms with Crippen molar-refractivity contribution in [2.75, 3.05) is 5.73 Å². The molecule has 0 aliphatic carbocycles. The maximum atomic E-state index is 5.53. The van der Waals surface area contributed by atoms with Crippen molar-refractivity contribution in [3.05, 3.63) is 17.0 Å². The highest BCUT2D eigenvalue weighted by molar-refractivity contribution is 7.15. The van der Waals surface area contributed by atoms with E-state index in [1.165, 1.54) is 17.7 Å². The molecular formula is C7H11NS. The molecule has 2 heteroatoms. The van der Waals surface area contributed by atoms with Crippen LogP contribution in [0.25, 0.3) is 0 Å². The van der Waals surface area contributed by atoms with Crippen molar-refractivity contribution < 1.29 is 0 Å². The van der Waals surface area contributed by atoms with Gasteiger partial charge < -0.3 is 5.73 Å². The van der Waals surface area contributed by atoms with Crippen LogP contribution in [0.15, 0.2) is 12.1 Å². The first-order valence-electron chi connectivity index (χ1n) is 3.17. The van der Waals surface area contributed by atoms with Crippen molar-refractivity contribution in [1.82, 2.24) is 0 Å².